The van der Waals surface area contributed by atoms with Crippen LogP contribution in [0.3, 0.4) is 0 Å². The van der Waals surface area contributed by atoms with Gasteiger partial charge in [0.05, 0.1) is 44.5 Å². The van der Waals surface area contributed by atoms with E-state index in [9.17, 15) is 79.2 Å². The zero-order valence-electron chi connectivity index (χ0n) is 66.1. The molecular weight excluding hydrogens is 1580 g/mol. The summed E-state index contributed by atoms with van der Waals surface area (Å²) in [7, 11) is 2.00. The summed E-state index contributed by atoms with van der Waals surface area (Å²) < 4.78 is 42.7. The van der Waals surface area contributed by atoms with Crippen LogP contribution in [0.1, 0.15) is 99.6 Å². The number of carbonyl (C=O) groups is 8. The number of hydrogen-bond acceptors (Lipinski definition) is 26. The summed E-state index contributed by atoms with van der Waals surface area (Å²) in [6, 6.07) is 81.5. The van der Waals surface area contributed by atoms with Gasteiger partial charge >= 0.3 is 47.8 Å². The Labute approximate surface area is 703 Å². The van der Waals surface area contributed by atoms with Gasteiger partial charge < -0.3 is 89.0 Å². The van der Waals surface area contributed by atoms with Gasteiger partial charge in [0.15, 0.2) is 0 Å². The molecule has 0 saturated heterocycles. The smallest absolute Gasteiger partial charge is 0.343 e. The van der Waals surface area contributed by atoms with E-state index >= 15 is 0 Å². The van der Waals surface area contributed by atoms with Crippen molar-refractivity contribution in [3.05, 3.63) is 383 Å². The Morgan fingerprint density at radius 3 is 0.520 bits per heavy atom. The van der Waals surface area contributed by atoms with Gasteiger partial charge in [-0.25, -0.2) is 38.4 Å². The molecule has 0 bridgehead atoms. The minimum atomic E-state index is -0.571. The molecule has 14 aromatic rings. The Bertz CT molecular complexity index is 5660. The van der Waals surface area contributed by atoms with Crippen LogP contribution in [0.4, 0.5) is 0 Å². The lowest BCUT2D eigenvalue weighted by Crippen LogP contribution is -2.10. The summed E-state index contributed by atoms with van der Waals surface area (Å²) in [4.78, 5) is 97.2. The SMILES string of the molecule is CO.CO.Cc1cc(OC(=O)c2ccc(O)cc2)ccc1-c1ccc(OC(=O)c2ccc(O)cc2)cc1C.Cc1cc(OC(=O)c2ccc(O)cc2)ccc1OC(=O)c1ccc(O)cc1.O=C(Oc1ccc(-c2ccc(OC(=O)c3ccc(O)cc3)cc2)cc1)c1ccc(O)cc1.O=C(Oc1ccc(OC(=O)c2ccc(O)cc2)cc1)c1ccc(O)cc1. The maximum atomic E-state index is 12.3. The number of rotatable bonds is 18. The molecule has 0 aliphatic rings. The van der Waals surface area contributed by atoms with Gasteiger partial charge in [0.1, 0.15) is 92.0 Å². The van der Waals surface area contributed by atoms with Crippen molar-refractivity contribution in [2.24, 2.45) is 0 Å². The van der Waals surface area contributed by atoms with Crippen LogP contribution in [0, 0.1) is 20.8 Å². The quantitative estimate of drug-likeness (QED) is 0.0282. The van der Waals surface area contributed by atoms with Gasteiger partial charge in [-0.2, -0.15) is 0 Å². The first-order valence-corrected chi connectivity index (χ1v) is 36.8. The summed E-state index contributed by atoms with van der Waals surface area (Å²) in [5, 5.41) is 88.3. The van der Waals surface area contributed by atoms with Crippen molar-refractivity contribution in [2.45, 2.75) is 20.8 Å². The van der Waals surface area contributed by atoms with Crippen LogP contribution < -0.4 is 37.9 Å². The number of hydrogen-bond donors (Lipinski definition) is 10. The van der Waals surface area contributed by atoms with Crippen LogP contribution in [0.5, 0.6) is 92.0 Å². The van der Waals surface area contributed by atoms with Gasteiger partial charge in [0.25, 0.3) is 0 Å². The molecule has 0 radical (unpaired) electrons. The van der Waals surface area contributed by atoms with Crippen molar-refractivity contribution in [3.63, 3.8) is 0 Å². The molecule has 622 valence electrons. The highest BCUT2D eigenvalue weighted by Gasteiger charge is 2.19. The second kappa shape index (κ2) is 43.9. The lowest BCUT2D eigenvalue weighted by Gasteiger charge is -2.13. The van der Waals surface area contributed by atoms with Crippen LogP contribution in [-0.4, -0.2) is 113 Å². The highest BCUT2D eigenvalue weighted by atomic mass is 16.6. The fraction of sp³-hybridized carbons (Fsp3) is 0.0515. The molecule has 0 atom stereocenters. The molecule has 0 aliphatic heterocycles. The third kappa shape index (κ3) is 26.8. The van der Waals surface area contributed by atoms with Crippen LogP contribution in [0.2, 0.25) is 0 Å². The highest BCUT2D eigenvalue weighted by Crippen LogP contribution is 2.34. The Balaban J connectivity index is 0.000000184. The van der Waals surface area contributed by atoms with E-state index in [4.69, 9.17) is 48.1 Å². The zero-order valence-corrected chi connectivity index (χ0v) is 66.1. The van der Waals surface area contributed by atoms with Gasteiger partial charge in [-0.05, 0) is 345 Å². The number of esters is 8. The summed E-state index contributed by atoms with van der Waals surface area (Å²) in [6.45, 7) is 5.56. The number of aliphatic hydroxyl groups excluding tert-OH is 2. The molecule has 0 aromatic heterocycles. The predicted octanol–water partition coefficient (Wildman–Crippen LogP) is 17.6. The Kier molecular flexibility index (Phi) is 32.2. The fourth-order valence-electron chi connectivity index (χ4n) is 10.9. The van der Waals surface area contributed by atoms with Crippen molar-refractivity contribution in [2.75, 3.05) is 14.2 Å². The summed E-state index contributed by atoms with van der Waals surface area (Å²) in [5.74, 6) is -0.972. The van der Waals surface area contributed by atoms with Crippen molar-refractivity contribution >= 4 is 47.8 Å². The molecule has 0 fully saturated rings. The predicted molar refractivity (Wildman–Crippen MR) is 452 cm³/mol. The van der Waals surface area contributed by atoms with Crippen molar-refractivity contribution in [1.29, 1.82) is 0 Å². The first-order valence-electron chi connectivity index (χ1n) is 36.8. The second-order valence-corrected chi connectivity index (χ2v) is 25.9. The molecule has 10 N–H and O–H groups in total. The number of aryl methyl sites for hydroxylation is 3. The Morgan fingerprint density at radius 1 is 0.179 bits per heavy atom. The van der Waals surface area contributed by atoms with E-state index < -0.39 is 47.8 Å². The molecule has 0 saturated carbocycles. The van der Waals surface area contributed by atoms with E-state index in [1.165, 1.54) is 231 Å². The molecule has 0 unspecified atom stereocenters. The van der Waals surface area contributed by atoms with E-state index in [-0.39, 0.29) is 57.5 Å². The van der Waals surface area contributed by atoms with Gasteiger partial charge in [-0.15, -0.1) is 0 Å². The Morgan fingerprint density at radius 2 is 0.333 bits per heavy atom. The van der Waals surface area contributed by atoms with E-state index in [2.05, 4.69) is 0 Å². The number of phenols is 8. The van der Waals surface area contributed by atoms with Crippen molar-refractivity contribution in [1.82, 2.24) is 0 Å². The zero-order chi connectivity index (χ0) is 88.7. The van der Waals surface area contributed by atoms with Crippen LogP contribution in [0.25, 0.3) is 22.3 Å². The number of carbonyl (C=O) groups excluding carboxylic acids is 8. The largest absolute Gasteiger partial charge is 0.508 e. The summed E-state index contributed by atoms with van der Waals surface area (Å²) in [6.07, 6.45) is 0. The Hall–Kier alpha value is -16.8. The number of phenolic OH excluding ortho intramolecular Hbond substituents is 8. The average molecular weight is 1660 g/mol. The molecule has 0 spiro atoms. The summed E-state index contributed by atoms with van der Waals surface area (Å²) in [5.41, 5.74) is 8.68. The number of ether oxygens (including phenoxy) is 8. The maximum absolute atomic E-state index is 12.3. The standard InChI is InChI=1S/C28H22O6.C26H18O6.C21H16O6.C20H14O6.2CH4O/c1-17-15-23(33-27(31)19-3-7-21(29)8-4-19)11-13-25(17)26-14-12-24(16-18(26)2)34-28(32)20-5-9-22(30)10-6-20;27-21-9-1-19(2-10-21)25(29)31-23-13-5-17(6-14-23)18-7-15-24(16-8-18)32-26(30)20-3-11-22(28)12-4-20;1-13-12-18(26-20(24)14-2-6-16(22)7-3-14)10-11-19(13)27-21(25)15-4-8-17(23)9-5-15;21-15-5-1-13(2-6-15)19(23)25-17-9-11-18(12-10-17)26-20(24)14-3-7-16(22)8-4-14;2*1-2/h3-16,29-30H,1-2H3;1-16,27-28H;2-12,22-23H,1H3;1-12,21-22H;2*2H,1H3. The molecular formula is C97H78O26. The van der Waals surface area contributed by atoms with E-state index in [0.29, 0.717) is 84.6 Å². The molecule has 26 heteroatoms. The maximum Gasteiger partial charge on any atom is 0.343 e. The van der Waals surface area contributed by atoms with Crippen molar-refractivity contribution in [3.8, 4) is 114 Å². The average Bonchev–Trinajstić information content (AvgIpc) is 0.806. The first-order chi connectivity index (χ1) is 59.2. The monoisotopic (exact) mass is 1660 g/mol. The van der Waals surface area contributed by atoms with Gasteiger partial charge in [-0.3, -0.25) is 0 Å². The normalized spacial score (nSPS) is 10.1. The number of benzene rings is 14. The summed E-state index contributed by atoms with van der Waals surface area (Å²) >= 11 is 0. The molecule has 0 heterocycles. The number of aromatic hydroxyl groups is 8. The molecule has 0 aliphatic carbocycles. The second-order valence-electron chi connectivity index (χ2n) is 25.9. The van der Waals surface area contributed by atoms with Crippen molar-refractivity contribution < 1.29 is 127 Å². The highest BCUT2D eigenvalue weighted by molar-refractivity contribution is 5.96. The first kappa shape index (κ1) is 90.1. The fourth-order valence-corrected chi connectivity index (χ4v) is 10.9. The minimum absolute atomic E-state index is 0.0568. The van der Waals surface area contributed by atoms with Gasteiger partial charge in [0.2, 0.25) is 0 Å². The minimum Gasteiger partial charge on any atom is -0.508 e. The third-order valence-corrected chi connectivity index (χ3v) is 17.2. The lowest BCUT2D eigenvalue weighted by atomic mass is 9.96. The van der Waals surface area contributed by atoms with Gasteiger partial charge in [0, 0.05) is 14.2 Å². The van der Waals surface area contributed by atoms with E-state index in [1.807, 2.05) is 50.2 Å². The lowest BCUT2D eigenvalue weighted by molar-refractivity contribution is 0.0718. The topological polar surface area (TPSA) is 413 Å². The molecule has 0 amide bonds. The van der Waals surface area contributed by atoms with E-state index in [1.54, 1.807) is 61.5 Å². The molecule has 123 heavy (non-hydrogen) atoms. The molecule has 26 nitrogen and oxygen atoms in total. The molecule has 14 aromatic carbocycles. The van der Waals surface area contributed by atoms with Crippen LogP contribution in [-0.2, 0) is 0 Å². The van der Waals surface area contributed by atoms with Crippen LogP contribution in [0.15, 0.2) is 322 Å². The van der Waals surface area contributed by atoms with Gasteiger partial charge in [-0.1, -0.05) is 36.4 Å². The van der Waals surface area contributed by atoms with Crippen LogP contribution >= 0.6 is 0 Å². The third-order valence-electron chi connectivity index (χ3n) is 17.2. The molecule has 14 rings (SSSR count). The van der Waals surface area contributed by atoms with E-state index in [0.717, 1.165) is 47.6 Å². The number of aliphatic hydroxyl groups is 2.